The molecule has 0 atom stereocenters. The Balaban J connectivity index is 1.80. The molecule has 4 aromatic rings. The number of hydrogen-bond donors (Lipinski definition) is 0. The standard InChI is InChI=1S/C27H26F2N4O/c1-31(2)26-23(25(30-32(26)3)20-9-5-4-6-10-20)18-33(17-19-13-15-21(28)16-14-19)27(34)22-11-7-8-12-24(22)29/h4-16H,17-18H2,1-3H3. The molecule has 5 nitrogen and oxygen atoms in total. The van der Waals surface area contributed by atoms with E-state index >= 15 is 0 Å². The van der Waals surface area contributed by atoms with Gasteiger partial charge in [-0.05, 0) is 29.8 Å². The van der Waals surface area contributed by atoms with E-state index in [1.54, 1.807) is 33.8 Å². The van der Waals surface area contributed by atoms with Gasteiger partial charge in [-0.2, -0.15) is 5.10 Å². The van der Waals surface area contributed by atoms with E-state index in [-0.39, 0.29) is 24.5 Å². The Labute approximate surface area is 197 Å². The predicted octanol–water partition coefficient (Wildman–Crippen LogP) is 5.27. The van der Waals surface area contributed by atoms with Crippen molar-refractivity contribution in [1.82, 2.24) is 14.7 Å². The molecule has 0 saturated heterocycles. The average Bonchev–Trinajstić information content (AvgIpc) is 3.16. The molecule has 1 heterocycles. The van der Waals surface area contributed by atoms with Crippen molar-refractivity contribution in [2.75, 3.05) is 19.0 Å². The normalized spacial score (nSPS) is 10.9. The lowest BCUT2D eigenvalue weighted by Crippen LogP contribution is -2.31. The Morgan fingerprint density at radius 1 is 0.882 bits per heavy atom. The van der Waals surface area contributed by atoms with E-state index in [4.69, 9.17) is 5.10 Å². The van der Waals surface area contributed by atoms with Gasteiger partial charge >= 0.3 is 0 Å². The predicted molar refractivity (Wildman–Crippen MR) is 129 cm³/mol. The highest BCUT2D eigenvalue weighted by Crippen LogP contribution is 2.32. The molecule has 0 spiro atoms. The molecule has 1 aromatic heterocycles. The average molecular weight is 461 g/mol. The highest BCUT2D eigenvalue weighted by molar-refractivity contribution is 5.94. The number of nitrogens with zero attached hydrogens (tertiary/aromatic N) is 4. The van der Waals surface area contributed by atoms with Gasteiger partial charge < -0.3 is 9.80 Å². The molecular formula is C27H26F2N4O. The molecule has 34 heavy (non-hydrogen) atoms. The van der Waals surface area contributed by atoms with E-state index < -0.39 is 11.7 Å². The first-order valence-electron chi connectivity index (χ1n) is 10.9. The van der Waals surface area contributed by atoms with Crippen molar-refractivity contribution in [3.05, 3.63) is 107 Å². The van der Waals surface area contributed by atoms with Gasteiger partial charge in [0.1, 0.15) is 17.5 Å². The molecule has 0 bridgehead atoms. The molecule has 174 valence electrons. The van der Waals surface area contributed by atoms with Gasteiger partial charge in [-0.3, -0.25) is 9.48 Å². The van der Waals surface area contributed by atoms with Crippen LogP contribution in [-0.4, -0.2) is 34.7 Å². The highest BCUT2D eigenvalue weighted by atomic mass is 19.1. The van der Waals surface area contributed by atoms with Gasteiger partial charge in [-0.25, -0.2) is 8.78 Å². The molecule has 0 radical (unpaired) electrons. The van der Waals surface area contributed by atoms with E-state index in [1.807, 2.05) is 56.4 Å². The minimum absolute atomic E-state index is 0.0128. The van der Waals surface area contributed by atoms with Crippen molar-refractivity contribution in [2.45, 2.75) is 13.1 Å². The number of rotatable bonds is 7. The molecular weight excluding hydrogens is 434 g/mol. The Kier molecular flexibility index (Phi) is 6.72. The second-order valence-corrected chi connectivity index (χ2v) is 8.30. The number of halogens is 2. The van der Waals surface area contributed by atoms with E-state index in [9.17, 15) is 13.6 Å². The summed E-state index contributed by atoms with van der Waals surface area (Å²) in [6.07, 6.45) is 0. The smallest absolute Gasteiger partial charge is 0.257 e. The van der Waals surface area contributed by atoms with Crippen LogP contribution in [0.15, 0.2) is 78.9 Å². The van der Waals surface area contributed by atoms with Crippen molar-refractivity contribution < 1.29 is 13.6 Å². The van der Waals surface area contributed by atoms with Crippen LogP contribution < -0.4 is 4.90 Å². The van der Waals surface area contributed by atoms with Crippen LogP contribution in [0.5, 0.6) is 0 Å². The molecule has 7 heteroatoms. The minimum Gasteiger partial charge on any atom is -0.363 e. The topological polar surface area (TPSA) is 41.4 Å². The summed E-state index contributed by atoms with van der Waals surface area (Å²) in [5.74, 6) is -0.553. The van der Waals surface area contributed by atoms with Crippen LogP contribution in [0.3, 0.4) is 0 Å². The van der Waals surface area contributed by atoms with Gasteiger partial charge in [0, 0.05) is 38.8 Å². The lowest BCUT2D eigenvalue weighted by molar-refractivity contribution is 0.0725. The zero-order valence-electron chi connectivity index (χ0n) is 19.4. The number of hydrogen-bond acceptors (Lipinski definition) is 3. The van der Waals surface area contributed by atoms with Gasteiger partial charge in [0.15, 0.2) is 0 Å². The number of carbonyl (C=O) groups is 1. The SMILES string of the molecule is CN(C)c1c(CN(Cc2ccc(F)cc2)C(=O)c2ccccc2F)c(-c2ccccc2)nn1C. The van der Waals surface area contributed by atoms with Gasteiger partial charge in [0.05, 0.1) is 17.8 Å². The summed E-state index contributed by atoms with van der Waals surface area (Å²) in [5, 5.41) is 4.74. The van der Waals surface area contributed by atoms with E-state index in [1.165, 1.54) is 24.3 Å². The largest absolute Gasteiger partial charge is 0.363 e. The number of aryl methyl sites for hydroxylation is 1. The van der Waals surface area contributed by atoms with Crippen LogP contribution in [-0.2, 0) is 20.1 Å². The number of aromatic nitrogens is 2. The molecule has 3 aromatic carbocycles. The molecule has 0 aliphatic rings. The Bertz CT molecular complexity index is 1280. The molecule has 4 rings (SSSR count). The molecule has 0 aliphatic heterocycles. The third-order valence-electron chi connectivity index (χ3n) is 5.61. The summed E-state index contributed by atoms with van der Waals surface area (Å²) in [6.45, 7) is 0.375. The van der Waals surface area contributed by atoms with E-state index in [0.717, 1.165) is 28.2 Å². The van der Waals surface area contributed by atoms with Crippen LogP contribution in [0.1, 0.15) is 21.5 Å². The van der Waals surface area contributed by atoms with Crippen molar-refractivity contribution in [1.29, 1.82) is 0 Å². The monoisotopic (exact) mass is 460 g/mol. The lowest BCUT2D eigenvalue weighted by Gasteiger charge is -2.25. The second kappa shape index (κ2) is 9.87. The molecule has 0 saturated carbocycles. The maximum absolute atomic E-state index is 14.6. The Morgan fingerprint density at radius 2 is 1.53 bits per heavy atom. The number of anilines is 1. The molecule has 0 N–H and O–H groups in total. The molecule has 0 aliphatic carbocycles. The quantitative estimate of drug-likeness (QED) is 0.377. The molecule has 0 unspecified atom stereocenters. The van der Waals surface area contributed by atoms with Gasteiger partial charge in [0.2, 0.25) is 0 Å². The van der Waals surface area contributed by atoms with Crippen LogP contribution in [0, 0.1) is 11.6 Å². The fraction of sp³-hybridized carbons (Fsp3) is 0.185. The number of amides is 1. The van der Waals surface area contributed by atoms with Crippen LogP contribution in [0.4, 0.5) is 14.6 Å². The third kappa shape index (κ3) is 4.83. The summed E-state index contributed by atoms with van der Waals surface area (Å²) < 4.78 is 29.8. The second-order valence-electron chi connectivity index (χ2n) is 8.30. The fourth-order valence-corrected chi connectivity index (χ4v) is 4.10. The minimum atomic E-state index is -0.584. The summed E-state index contributed by atoms with van der Waals surface area (Å²) in [5.41, 5.74) is 3.23. The first-order valence-corrected chi connectivity index (χ1v) is 10.9. The molecule has 0 fully saturated rings. The number of carbonyl (C=O) groups excluding carboxylic acids is 1. The maximum atomic E-state index is 14.6. The fourth-order valence-electron chi connectivity index (χ4n) is 4.10. The van der Waals surface area contributed by atoms with Crippen molar-refractivity contribution in [3.63, 3.8) is 0 Å². The summed E-state index contributed by atoms with van der Waals surface area (Å²) in [6, 6.07) is 21.6. The van der Waals surface area contributed by atoms with Gasteiger partial charge in [-0.1, -0.05) is 54.6 Å². The zero-order valence-corrected chi connectivity index (χ0v) is 19.4. The lowest BCUT2D eigenvalue weighted by atomic mass is 10.1. The van der Waals surface area contributed by atoms with E-state index in [0.29, 0.717) is 0 Å². The van der Waals surface area contributed by atoms with E-state index in [2.05, 4.69) is 0 Å². The first-order chi connectivity index (χ1) is 16.3. The third-order valence-corrected chi connectivity index (χ3v) is 5.61. The Morgan fingerprint density at radius 3 is 2.18 bits per heavy atom. The van der Waals surface area contributed by atoms with Gasteiger partial charge in [-0.15, -0.1) is 0 Å². The van der Waals surface area contributed by atoms with Crippen LogP contribution in [0.25, 0.3) is 11.3 Å². The summed E-state index contributed by atoms with van der Waals surface area (Å²) in [7, 11) is 5.69. The van der Waals surface area contributed by atoms with Crippen molar-refractivity contribution in [2.24, 2.45) is 7.05 Å². The first kappa shape index (κ1) is 23.2. The Hall–Kier alpha value is -4.00. The zero-order chi connectivity index (χ0) is 24.2. The van der Waals surface area contributed by atoms with Crippen LogP contribution >= 0.6 is 0 Å². The van der Waals surface area contributed by atoms with Crippen molar-refractivity contribution in [3.8, 4) is 11.3 Å². The summed E-state index contributed by atoms with van der Waals surface area (Å²) in [4.78, 5) is 17.1. The highest BCUT2D eigenvalue weighted by Gasteiger charge is 2.26. The van der Waals surface area contributed by atoms with Crippen LogP contribution in [0.2, 0.25) is 0 Å². The van der Waals surface area contributed by atoms with Gasteiger partial charge in [0.25, 0.3) is 5.91 Å². The van der Waals surface area contributed by atoms with Crippen molar-refractivity contribution >= 4 is 11.7 Å². The molecule has 1 amide bonds. The maximum Gasteiger partial charge on any atom is 0.257 e. The summed E-state index contributed by atoms with van der Waals surface area (Å²) >= 11 is 0. The number of benzene rings is 3.